The van der Waals surface area contributed by atoms with Crippen molar-refractivity contribution < 1.29 is 13.7 Å². The van der Waals surface area contributed by atoms with Gasteiger partial charge in [-0.3, -0.25) is 0 Å². The summed E-state index contributed by atoms with van der Waals surface area (Å²) < 4.78 is 26.7. The molecule has 0 aromatic carbocycles. The molecule has 0 aliphatic heterocycles. The summed E-state index contributed by atoms with van der Waals surface area (Å²) in [5.74, 6) is -0.393. The van der Waals surface area contributed by atoms with Crippen LogP contribution in [0.1, 0.15) is 31.3 Å². The molecule has 23 heavy (non-hydrogen) atoms. The van der Waals surface area contributed by atoms with Crippen molar-refractivity contribution in [3.63, 3.8) is 0 Å². The summed E-state index contributed by atoms with van der Waals surface area (Å²) in [5, 5.41) is 0.0839. The van der Waals surface area contributed by atoms with Crippen LogP contribution in [0.2, 0.25) is 5.02 Å². The Morgan fingerprint density at radius 1 is 1.61 bits per heavy atom. The second kappa shape index (κ2) is 7.99. The van der Waals surface area contributed by atoms with Crippen molar-refractivity contribution in [1.82, 2.24) is 9.29 Å². The van der Waals surface area contributed by atoms with Crippen LogP contribution in [-0.2, 0) is 21.7 Å². The van der Waals surface area contributed by atoms with E-state index in [0.29, 0.717) is 0 Å². The highest BCUT2D eigenvalue weighted by Crippen LogP contribution is 2.29. The molecule has 0 amide bonds. The molecule has 0 bridgehead atoms. The monoisotopic (exact) mass is 361 g/mol. The van der Waals surface area contributed by atoms with E-state index in [9.17, 15) is 9.00 Å². The molecule has 130 valence electrons. The third-order valence-electron chi connectivity index (χ3n) is 3.38. The van der Waals surface area contributed by atoms with Gasteiger partial charge in [0.25, 0.3) is 0 Å². The number of ether oxygens (including phenoxy) is 1. The van der Waals surface area contributed by atoms with Crippen LogP contribution in [-0.4, -0.2) is 34.4 Å². The molecule has 0 fully saturated rings. The van der Waals surface area contributed by atoms with E-state index < -0.39 is 15.9 Å². The molecular formula is C15H24ClN3O3S. The van der Waals surface area contributed by atoms with Crippen molar-refractivity contribution in [2.75, 3.05) is 13.7 Å². The highest BCUT2D eigenvalue weighted by molar-refractivity contribution is 7.91. The van der Waals surface area contributed by atoms with Gasteiger partial charge in [-0.05, 0) is 12.8 Å². The molecule has 1 rings (SSSR count). The second-order valence-corrected chi connectivity index (χ2v) is 7.79. The fraction of sp³-hybridized carbons (Fsp3) is 0.533. The van der Waals surface area contributed by atoms with Crippen LogP contribution in [0.4, 0.5) is 0 Å². The van der Waals surface area contributed by atoms with Crippen LogP contribution < -0.4 is 4.72 Å². The third-order valence-corrected chi connectivity index (χ3v) is 5.89. The zero-order chi connectivity index (χ0) is 17.8. The first-order valence-electron chi connectivity index (χ1n) is 7.28. The molecular weight excluding hydrogens is 338 g/mol. The van der Waals surface area contributed by atoms with Gasteiger partial charge in [-0.25, -0.2) is 18.1 Å². The Morgan fingerprint density at radius 3 is 2.65 bits per heavy atom. The second-order valence-electron chi connectivity index (χ2n) is 5.32. The predicted molar refractivity (Wildman–Crippen MR) is 93.1 cm³/mol. The number of aryl methyl sites for hydroxylation is 1. The van der Waals surface area contributed by atoms with Gasteiger partial charge in [0, 0.05) is 26.3 Å². The fourth-order valence-electron chi connectivity index (χ4n) is 2.05. The van der Waals surface area contributed by atoms with E-state index in [4.69, 9.17) is 16.3 Å². The van der Waals surface area contributed by atoms with Gasteiger partial charge >= 0.3 is 5.97 Å². The van der Waals surface area contributed by atoms with E-state index in [1.807, 2.05) is 13.8 Å². The van der Waals surface area contributed by atoms with Crippen molar-refractivity contribution in [3.8, 4) is 0 Å². The molecule has 8 heteroatoms. The quantitative estimate of drug-likeness (QED) is 0.599. The van der Waals surface area contributed by atoms with Gasteiger partial charge in [0.15, 0.2) is 0 Å². The molecule has 0 spiro atoms. The zero-order valence-corrected chi connectivity index (χ0v) is 15.7. The summed E-state index contributed by atoms with van der Waals surface area (Å²) in [6, 6.07) is -0.214. The number of rotatable bonds is 7. The molecule has 6 nitrogen and oxygen atoms in total. The van der Waals surface area contributed by atoms with Crippen molar-refractivity contribution >= 4 is 27.5 Å². The molecule has 0 aliphatic carbocycles. The van der Waals surface area contributed by atoms with E-state index in [1.165, 1.54) is 17.8 Å². The summed E-state index contributed by atoms with van der Waals surface area (Å²) in [6.07, 6.45) is 3.22. The van der Waals surface area contributed by atoms with Crippen LogP contribution in [0.15, 0.2) is 28.1 Å². The van der Waals surface area contributed by atoms with Crippen molar-refractivity contribution in [3.05, 3.63) is 29.6 Å². The van der Waals surface area contributed by atoms with Crippen molar-refractivity contribution in [1.29, 1.82) is 0 Å². The Balaban J connectivity index is 3.38. The average Bonchev–Trinajstić information content (AvgIpc) is 2.80. The number of hydrogen-bond donors (Lipinski definition) is 1. The van der Waals surface area contributed by atoms with Gasteiger partial charge in [-0.2, -0.15) is 0 Å². The van der Waals surface area contributed by atoms with E-state index in [-0.39, 0.29) is 34.2 Å². The molecule has 1 heterocycles. The molecule has 2 atom stereocenters. The maximum absolute atomic E-state index is 13.2. The number of carbonyl (C=O) groups excluding carboxylic acids is 1. The first-order valence-corrected chi connectivity index (χ1v) is 9.18. The minimum Gasteiger partial charge on any atom is -0.461 e. The molecule has 0 saturated carbocycles. The lowest BCUT2D eigenvalue weighted by Gasteiger charge is -2.21. The highest BCUT2D eigenvalue weighted by atomic mass is 35.5. The van der Waals surface area contributed by atoms with Gasteiger partial charge in [-0.15, -0.1) is 6.58 Å². The normalized spacial score (nSPS) is 15.1. The summed E-state index contributed by atoms with van der Waals surface area (Å²) >= 11 is 6.30. The van der Waals surface area contributed by atoms with E-state index >= 15 is 0 Å². The molecule has 1 N–H and O–H groups in total. The Bertz CT molecular complexity index is 703. The average molecular weight is 362 g/mol. The number of esters is 1. The van der Waals surface area contributed by atoms with Gasteiger partial charge < -0.3 is 9.30 Å². The van der Waals surface area contributed by atoms with Gasteiger partial charge in [0.2, 0.25) is 0 Å². The van der Waals surface area contributed by atoms with E-state index in [2.05, 4.69) is 15.7 Å². The van der Waals surface area contributed by atoms with Crippen LogP contribution in [0.3, 0.4) is 0 Å². The largest absolute Gasteiger partial charge is 0.461 e. The number of nitrogens with one attached hydrogen (secondary N) is 1. The van der Waals surface area contributed by atoms with Gasteiger partial charge in [-0.1, -0.05) is 31.5 Å². The van der Waals surface area contributed by atoms with Gasteiger partial charge in [0.05, 0.1) is 16.5 Å². The summed E-state index contributed by atoms with van der Waals surface area (Å²) in [6.45, 7) is 9.64. The van der Waals surface area contributed by atoms with Crippen LogP contribution >= 0.6 is 11.6 Å². The highest BCUT2D eigenvalue weighted by Gasteiger charge is 2.28. The lowest BCUT2D eigenvalue weighted by Crippen LogP contribution is -2.36. The lowest BCUT2D eigenvalue weighted by atomic mass is 10.1. The van der Waals surface area contributed by atoms with Crippen molar-refractivity contribution in [2.45, 2.75) is 31.7 Å². The fourth-order valence-corrected chi connectivity index (χ4v) is 4.43. The Morgan fingerprint density at radius 2 is 2.22 bits per heavy atom. The lowest BCUT2D eigenvalue weighted by molar-refractivity contribution is 0.0515. The number of nitrogens with zero attached hydrogens (tertiary/aromatic N) is 2. The SMILES string of the molecule is C=CC(NS(=O)(=NC)c1cn(C)c(C(=O)OCC)c1Cl)C(C)C. The summed E-state index contributed by atoms with van der Waals surface area (Å²) in [5.41, 5.74) is 0.154. The Hall–Kier alpha value is -1.31. The van der Waals surface area contributed by atoms with Crippen LogP contribution in [0.25, 0.3) is 0 Å². The Labute approximate surface area is 143 Å². The first kappa shape index (κ1) is 19.7. The topological polar surface area (TPSA) is 72.7 Å². The number of halogens is 1. The maximum Gasteiger partial charge on any atom is 0.356 e. The minimum absolute atomic E-state index is 0.0839. The molecule has 1 aromatic heterocycles. The van der Waals surface area contributed by atoms with Crippen LogP contribution in [0.5, 0.6) is 0 Å². The molecule has 0 saturated heterocycles. The first-order chi connectivity index (χ1) is 10.7. The summed E-state index contributed by atoms with van der Waals surface area (Å²) in [7, 11) is 0.0914. The zero-order valence-electron chi connectivity index (χ0n) is 14.1. The van der Waals surface area contributed by atoms with E-state index in [1.54, 1.807) is 20.0 Å². The number of carbonyl (C=O) groups is 1. The molecule has 1 aromatic rings. The predicted octanol–water partition coefficient (Wildman–Crippen LogP) is 3.03. The van der Waals surface area contributed by atoms with Crippen LogP contribution in [0, 0.1) is 5.92 Å². The minimum atomic E-state index is -3.00. The maximum atomic E-state index is 13.2. The number of hydrogen-bond acceptors (Lipinski definition) is 4. The molecule has 0 radical (unpaired) electrons. The van der Waals surface area contributed by atoms with E-state index in [0.717, 1.165) is 0 Å². The summed E-state index contributed by atoms with van der Waals surface area (Å²) in [4.78, 5) is 12.3. The molecule has 0 aliphatic rings. The Kier molecular flexibility index (Phi) is 6.85. The number of aromatic nitrogens is 1. The van der Waals surface area contributed by atoms with Gasteiger partial charge in [0.1, 0.15) is 15.6 Å². The van der Waals surface area contributed by atoms with Crippen molar-refractivity contribution in [2.24, 2.45) is 17.3 Å². The standard InChI is InChI=1S/C15H24ClN3O3S/c1-7-11(10(3)4)18-23(21,17-5)12-9-19(6)14(13(12)16)15(20)22-8-2/h7,9-11H,1,8H2,2-6H3,(H,17,18,21). The molecule has 2 unspecified atom stereocenters. The smallest absolute Gasteiger partial charge is 0.356 e. The third kappa shape index (κ3) is 4.16.